The molecule has 0 aromatic heterocycles. The van der Waals surface area contributed by atoms with E-state index in [2.05, 4.69) is 0 Å². The van der Waals surface area contributed by atoms with Crippen LogP contribution in [0.5, 0.6) is 0 Å². The van der Waals surface area contributed by atoms with Crippen molar-refractivity contribution in [2.24, 2.45) is 11.7 Å². The van der Waals surface area contributed by atoms with E-state index < -0.39 is 0 Å². The van der Waals surface area contributed by atoms with Crippen molar-refractivity contribution < 1.29 is 9.84 Å². The van der Waals surface area contributed by atoms with E-state index in [1.807, 2.05) is 0 Å². The van der Waals surface area contributed by atoms with Crippen molar-refractivity contribution in [2.75, 3.05) is 19.8 Å². The highest BCUT2D eigenvalue weighted by atomic mass is 16.5. The average molecular weight is 131 g/mol. The van der Waals surface area contributed by atoms with Gasteiger partial charge in [0.1, 0.15) is 0 Å². The van der Waals surface area contributed by atoms with Gasteiger partial charge in [0.2, 0.25) is 0 Å². The molecule has 9 heavy (non-hydrogen) atoms. The lowest BCUT2D eigenvalue weighted by molar-refractivity contribution is 0.166. The van der Waals surface area contributed by atoms with Crippen molar-refractivity contribution in [3.63, 3.8) is 0 Å². The van der Waals surface area contributed by atoms with Gasteiger partial charge in [-0.1, -0.05) is 0 Å². The Morgan fingerprint density at radius 3 is 3.00 bits per heavy atom. The van der Waals surface area contributed by atoms with Crippen LogP contribution in [0, 0.1) is 5.92 Å². The summed E-state index contributed by atoms with van der Waals surface area (Å²) in [6, 6.07) is -0.0764. The van der Waals surface area contributed by atoms with E-state index in [9.17, 15) is 0 Å². The van der Waals surface area contributed by atoms with Gasteiger partial charge in [-0.15, -0.1) is 0 Å². The zero-order valence-corrected chi connectivity index (χ0v) is 5.42. The minimum Gasteiger partial charge on any atom is -0.395 e. The van der Waals surface area contributed by atoms with Crippen molar-refractivity contribution >= 4 is 0 Å². The van der Waals surface area contributed by atoms with Crippen LogP contribution in [-0.4, -0.2) is 31.0 Å². The Labute approximate surface area is 54.8 Å². The molecule has 1 heterocycles. The number of aliphatic hydroxyl groups excluding tert-OH is 1. The molecule has 3 heteroatoms. The monoisotopic (exact) mass is 131 g/mol. The highest BCUT2D eigenvalue weighted by molar-refractivity contribution is 4.74. The van der Waals surface area contributed by atoms with E-state index in [1.165, 1.54) is 0 Å². The molecular formula is C6H13NO2. The maximum absolute atomic E-state index is 8.61. The number of rotatable bonds is 2. The van der Waals surface area contributed by atoms with Crippen molar-refractivity contribution in [1.29, 1.82) is 0 Å². The zero-order valence-electron chi connectivity index (χ0n) is 5.42. The van der Waals surface area contributed by atoms with Gasteiger partial charge in [0.15, 0.2) is 0 Å². The molecule has 0 radical (unpaired) electrons. The molecule has 1 saturated heterocycles. The fourth-order valence-corrected chi connectivity index (χ4v) is 1.04. The first-order valence-electron chi connectivity index (χ1n) is 3.28. The van der Waals surface area contributed by atoms with Crippen LogP contribution >= 0.6 is 0 Å². The largest absolute Gasteiger partial charge is 0.395 e. The highest BCUT2D eigenvalue weighted by Gasteiger charge is 2.21. The Kier molecular flexibility index (Phi) is 2.45. The molecule has 1 aliphatic rings. The normalized spacial score (nSPS) is 30.7. The first kappa shape index (κ1) is 6.99. The van der Waals surface area contributed by atoms with E-state index in [-0.39, 0.29) is 12.6 Å². The van der Waals surface area contributed by atoms with Gasteiger partial charge in [-0.25, -0.2) is 0 Å². The second-order valence-electron chi connectivity index (χ2n) is 2.47. The molecule has 3 nitrogen and oxygen atoms in total. The van der Waals surface area contributed by atoms with Crippen molar-refractivity contribution in [3.05, 3.63) is 0 Å². The molecule has 54 valence electrons. The quantitative estimate of drug-likeness (QED) is 0.523. The van der Waals surface area contributed by atoms with Gasteiger partial charge >= 0.3 is 0 Å². The average Bonchev–Trinajstić information content (AvgIpc) is 2.37. The molecule has 2 unspecified atom stereocenters. The van der Waals surface area contributed by atoms with Crippen molar-refractivity contribution in [2.45, 2.75) is 12.5 Å². The lowest BCUT2D eigenvalue weighted by Crippen LogP contribution is -2.33. The molecule has 0 saturated carbocycles. The summed E-state index contributed by atoms with van der Waals surface area (Å²) in [5, 5.41) is 8.61. The first-order valence-corrected chi connectivity index (χ1v) is 3.28. The number of aliphatic hydroxyl groups is 1. The number of hydrogen-bond acceptors (Lipinski definition) is 3. The Balaban J connectivity index is 2.24. The van der Waals surface area contributed by atoms with E-state index in [1.54, 1.807) is 0 Å². The smallest absolute Gasteiger partial charge is 0.0586 e. The summed E-state index contributed by atoms with van der Waals surface area (Å²) >= 11 is 0. The van der Waals surface area contributed by atoms with Crippen LogP contribution in [0.1, 0.15) is 6.42 Å². The summed E-state index contributed by atoms with van der Waals surface area (Å²) in [4.78, 5) is 0. The zero-order chi connectivity index (χ0) is 6.69. The molecule has 1 aliphatic heterocycles. The van der Waals surface area contributed by atoms with E-state index in [0.717, 1.165) is 19.6 Å². The molecule has 3 N–H and O–H groups in total. The first-order chi connectivity index (χ1) is 4.34. The molecule has 0 bridgehead atoms. The van der Waals surface area contributed by atoms with Crippen LogP contribution in [0.25, 0.3) is 0 Å². The summed E-state index contributed by atoms with van der Waals surface area (Å²) in [6.45, 7) is 1.61. The van der Waals surface area contributed by atoms with Crippen LogP contribution in [0.4, 0.5) is 0 Å². The summed E-state index contributed by atoms with van der Waals surface area (Å²) in [5.41, 5.74) is 5.55. The van der Waals surface area contributed by atoms with Crippen molar-refractivity contribution in [3.8, 4) is 0 Å². The lowest BCUT2D eigenvalue weighted by atomic mass is 10.0. The van der Waals surface area contributed by atoms with Gasteiger partial charge in [-0.2, -0.15) is 0 Å². The van der Waals surface area contributed by atoms with Crippen LogP contribution < -0.4 is 5.73 Å². The molecule has 1 rings (SSSR count). The summed E-state index contributed by atoms with van der Waals surface area (Å²) in [5.74, 6) is 0.384. The third-order valence-electron chi connectivity index (χ3n) is 1.78. The number of nitrogens with two attached hydrogens (primary N) is 1. The van der Waals surface area contributed by atoms with Gasteiger partial charge in [-0.3, -0.25) is 0 Å². The van der Waals surface area contributed by atoms with E-state index in [0.29, 0.717) is 5.92 Å². The van der Waals surface area contributed by atoms with E-state index in [4.69, 9.17) is 15.6 Å². The maximum atomic E-state index is 8.61. The second kappa shape index (κ2) is 3.15. The standard InChI is InChI=1S/C6H13NO2/c7-6(3-8)5-1-2-9-4-5/h5-6,8H,1-4,7H2. The molecule has 0 amide bonds. The van der Waals surface area contributed by atoms with Gasteiger partial charge in [0.25, 0.3) is 0 Å². The molecule has 0 aliphatic carbocycles. The fourth-order valence-electron chi connectivity index (χ4n) is 1.04. The topological polar surface area (TPSA) is 55.5 Å². The van der Waals surface area contributed by atoms with Crippen LogP contribution in [0.15, 0.2) is 0 Å². The van der Waals surface area contributed by atoms with Gasteiger partial charge in [0.05, 0.1) is 13.2 Å². The molecule has 0 aromatic rings. The minimum absolute atomic E-state index is 0.0764. The van der Waals surface area contributed by atoms with Gasteiger partial charge in [0, 0.05) is 18.6 Å². The fraction of sp³-hybridized carbons (Fsp3) is 1.00. The highest BCUT2D eigenvalue weighted by Crippen LogP contribution is 2.14. The summed E-state index contributed by atoms with van der Waals surface area (Å²) in [6.07, 6.45) is 1.00. The Hall–Kier alpha value is -0.120. The van der Waals surface area contributed by atoms with Crippen LogP contribution in [-0.2, 0) is 4.74 Å². The maximum Gasteiger partial charge on any atom is 0.0586 e. The second-order valence-corrected chi connectivity index (χ2v) is 2.47. The Morgan fingerprint density at radius 2 is 2.56 bits per heavy atom. The van der Waals surface area contributed by atoms with Gasteiger partial charge in [-0.05, 0) is 6.42 Å². The third-order valence-corrected chi connectivity index (χ3v) is 1.78. The number of hydrogen-bond donors (Lipinski definition) is 2. The molecular weight excluding hydrogens is 118 g/mol. The summed E-state index contributed by atoms with van der Waals surface area (Å²) in [7, 11) is 0. The SMILES string of the molecule is NC(CO)C1CCOC1. The van der Waals surface area contributed by atoms with Crippen molar-refractivity contribution in [1.82, 2.24) is 0 Å². The van der Waals surface area contributed by atoms with E-state index >= 15 is 0 Å². The van der Waals surface area contributed by atoms with Crippen LogP contribution in [0.3, 0.4) is 0 Å². The number of ether oxygens (including phenoxy) is 1. The van der Waals surface area contributed by atoms with Crippen LogP contribution in [0.2, 0.25) is 0 Å². The molecule has 0 spiro atoms. The molecule has 1 fully saturated rings. The van der Waals surface area contributed by atoms with Gasteiger partial charge < -0.3 is 15.6 Å². The molecule has 2 atom stereocenters. The predicted octanol–water partition coefficient (Wildman–Crippen LogP) is -0.658. The minimum atomic E-state index is -0.0764. The molecule has 0 aromatic carbocycles. The lowest BCUT2D eigenvalue weighted by Gasteiger charge is -2.13. The Bertz CT molecular complexity index is 81.1. The summed E-state index contributed by atoms with van der Waals surface area (Å²) < 4.78 is 5.09. The predicted molar refractivity (Wildman–Crippen MR) is 34.0 cm³/mol. The third kappa shape index (κ3) is 1.64. The Morgan fingerprint density at radius 1 is 1.78 bits per heavy atom.